The highest BCUT2D eigenvalue weighted by molar-refractivity contribution is 6.03. The zero-order chi connectivity index (χ0) is 28.7. The number of hydrogen-bond donors (Lipinski definition) is 0. The molecule has 1 aliphatic carbocycles. The van der Waals surface area contributed by atoms with Crippen molar-refractivity contribution < 1.29 is 4.42 Å². The standard InChI is InChI=1S/C39H27N3O/c1-39(2)33-21-27(24-16-18-40-19-17-24)10-13-30(33)31-14-11-28(22-34(31)39)25-6-5-7-26(20-25)29-12-15-36-41-37-32-8-3-4-9-35(32)43-38(37)42(36)23-29/h3-23H,1-2H3. The van der Waals surface area contributed by atoms with Crippen LogP contribution in [-0.2, 0) is 5.41 Å². The molecule has 9 rings (SSSR count). The van der Waals surface area contributed by atoms with Crippen LogP contribution in [0.4, 0.5) is 0 Å². The molecule has 0 spiro atoms. The SMILES string of the molecule is CC1(C)c2cc(-c3ccncc3)ccc2-c2ccc(-c3cccc(-c4ccc5nc6c7ccccc7oc6n5c4)c3)cc21. The van der Waals surface area contributed by atoms with Crippen LogP contribution < -0.4 is 0 Å². The van der Waals surface area contributed by atoms with Gasteiger partial charge >= 0.3 is 0 Å². The lowest BCUT2D eigenvalue weighted by atomic mass is 9.81. The molecule has 0 saturated heterocycles. The average molecular weight is 554 g/mol. The highest BCUT2D eigenvalue weighted by atomic mass is 16.3. The van der Waals surface area contributed by atoms with E-state index in [1.165, 1.54) is 44.5 Å². The van der Waals surface area contributed by atoms with Gasteiger partial charge < -0.3 is 4.42 Å². The van der Waals surface area contributed by atoms with Gasteiger partial charge in [-0.05, 0) is 110 Å². The molecule has 204 valence electrons. The van der Waals surface area contributed by atoms with E-state index >= 15 is 0 Å². The molecule has 0 atom stereocenters. The maximum atomic E-state index is 6.21. The second-order valence-corrected chi connectivity index (χ2v) is 12.0. The number of fused-ring (bicyclic) bond motifs is 8. The summed E-state index contributed by atoms with van der Waals surface area (Å²) in [4.78, 5) is 9.05. The molecule has 1 aliphatic rings. The van der Waals surface area contributed by atoms with Crippen LogP contribution in [0.3, 0.4) is 0 Å². The molecule has 0 fully saturated rings. The van der Waals surface area contributed by atoms with Crippen molar-refractivity contribution in [2.24, 2.45) is 0 Å². The van der Waals surface area contributed by atoms with E-state index < -0.39 is 0 Å². The van der Waals surface area contributed by atoms with Gasteiger partial charge in [0.2, 0.25) is 5.71 Å². The number of pyridine rings is 2. The van der Waals surface area contributed by atoms with Gasteiger partial charge in [0, 0.05) is 29.4 Å². The number of benzene rings is 4. The first-order chi connectivity index (χ1) is 21.0. The Labute approximate surface area is 248 Å². The minimum absolute atomic E-state index is 0.105. The van der Waals surface area contributed by atoms with Crippen molar-refractivity contribution in [1.82, 2.24) is 14.4 Å². The van der Waals surface area contributed by atoms with Crippen molar-refractivity contribution >= 4 is 27.8 Å². The van der Waals surface area contributed by atoms with Crippen LogP contribution >= 0.6 is 0 Å². The van der Waals surface area contributed by atoms with Crippen molar-refractivity contribution in [2.75, 3.05) is 0 Å². The largest absolute Gasteiger partial charge is 0.437 e. The molecular formula is C39H27N3O. The molecule has 8 aromatic rings. The predicted molar refractivity (Wildman–Crippen MR) is 174 cm³/mol. The normalized spacial score (nSPS) is 13.5. The van der Waals surface area contributed by atoms with Crippen LogP contribution in [0, 0.1) is 0 Å². The Balaban J connectivity index is 1.11. The summed E-state index contributed by atoms with van der Waals surface area (Å²) >= 11 is 0. The lowest BCUT2D eigenvalue weighted by Crippen LogP contribution is -2.15. The Morgan fingerprint density at radius 3 is 2.02 bits per heavy atom. The van der Waals surface area contributed by atoms with Crippen LogP contribution in [0.15, 0.2) is 132 Å². The van der Waals surface area contributed by atoms with Gasteiger partial charge in [0.05, 0.1) is 0 Å². The van der Waals surface area contributed by atoms with Gasteiger partial charge in [-0.25, -0.2) is 4.98 Å². The monoisotopic (exact) mass is 553 g/mol. The summed E-state index contributed by atoms with van der Waals surface area (Å²) in [5.41, 5.74) is 15.8. The van der Waals surface area contributed by atoms with Crippen molar-refractivity contribution in [2.45, 2.75) is 19.3 Å². The van der Waals surface area contributed by atoms with Crippen molar-refractivity contribution in [3.63, 3.8) is 0 Å². The van der Waals surface area contributed by atoms with Gasteiger partial charge in [-0.15, -0.1) is 0 Å². The quantitative estimate of drug-likeness (QED) is 0.219. The van der Waals surface area contributed by atoms with Crippen LogP contribution in [0.2, 0.25) is 0 Å². The molecule has 4 heterocycles. The number of imidazole rings is 1. The van der Waals surface area contributed by atoms with Crippen molar-refractivity contribution in [3.8, 4) is 44.5 Å². The lowest BCUT2D eigenvalue weighted by molar-refractivity contribution is 0.649. The fourth-order valence-corrected chi connectivity index (χ4v) is 6.84. The van der Waals surface area contributed by atoms with Crippen LogP contribution in [-0.4, -0.2) is 14.4 Å². The third-order valence-electron chi connectivity index (χ3n) is 9.14. The van der Waals surface area contributed by atoms with E-state index in [2.05, 4.69) is 120 Å². The van der Waals surface area contributed by atoms with Gasteiger partial charge in [0.1, 0.15) is 16.7 Å². The minimum atomic E-state index is -0.105. The number of aromatic nitrogens is 3. The molecule has 4 nitrogen and oxygen atoms in total. The summed E-state index contributed by atoms with van der Waals surface area (Å²) in [5, 5.41) is 1.04. The van der Waals surface area contributed by atoms with E-state index in [-0.39, 0.29) is 5.41 Å². The summed E-state index contributed by atoms with van der Waals surface area (Å²) in [6, 6.07) is 39.1. The molecule has 0 saturated carbocycles. The summed E-state index contributed by atoms with van der Waals surface area (Å²) in [6.07, 6.45) is 5.85. The fraction of sp³-hybridized carbons (Fsp3) is 0.0769. The maximum Gasteiger partial charge on any atom is 0.232 e. The van der Waals surface area contributed by atoms with Crippen molar-refractivity contribution in [1.29, 1.82) is 0 Å². The third-order valence-corrected chi connectivity index (χ3v) is 9.14. The lowest BCUT2D eigenvalue weighted by Gasteiger charge is -2.22. The summed E-state index contributed by atoms with van der Waals surface area (Å²) in [6.45, 7) is 4.68. The van der Waals surface area contributed by atoms with Gasteiger partial charge in [-0.1, -0.05) is 68.4 Å². The van der Waals surface area contributed by atoms with E-state index in [0.717, 1.165) is 39.0 Å². The predicted octanol–water partition coefficient (Wildman–Crippen LogP) is 9.94. The first-order valence-corrected chi connectivity index (χ1v) is 14.6. The molecule has 0 amide bonds. The molecule has 43 heavy (non-hydrogen) atoms. The van der Waals surface area contributed by atoms with Gasteiger partial charge in [-0.3, -0.25) is 9.38 Å². The van der Waals surface area contributed by atoms with E-state index in [0.29, 0.717) is 0 Å². The Morgan fingerprint density at radius 2 is 1.26 bits per heavy atom. The van der Waals surface area contributed by atoms with Gasteiger partial charge in [0.15, 0.2) is 0 Å². The van der Waals surface area contributed by atoms with Crippen LogP contribution in [0.25, 0.3) is 72.4 Å². The van der Waals surface area contributed by atoms with E-state index in [1.807, 2.05) is 30.6 Å². The third kappa shape index (κ3) is 3.56. The number of hydrogen-bond acceptors (Lipinski definition) is 3. The Morgan fingerprint density at radius 1 is 0.605 bits per heavy atom. The molecule has 0 N–H and O–H groups in total. The highest BCUT2D eigenvalue weighted by Crippen LogP contribution is 2.50. The van der Waals surface area contributed by atoms with Crippen LogP contribution in [0.5, 0.6) is 0 Å². The Bertz CT molecular complexity index is 2380. The average Bonchev–Trinajstić information content (AvgIpc) is 3.67. The summed E-state index contributed by atoms with van der Waals surface area (Å²) in [5.74, 6) is 0. The van der Waals surface area contributed by atoms with E-state index in [4.69, 9.17) is 9.40 Å². The summed E-state index contributed by atoms with van der Waals surface area (Å²) in [7, 11) is 0. The Kier molecular flexibility index (Phi) is 4.92. The molecule has 0 aliphatic heterocycles. The fourth-order valence-electron chi connectivity index (χ4n) is 6.84. The molecule has 4 aromatic carbocycles. The molecule has 4 aromatic heterocycles. The Hall–Kier alpha value is -5.48. The van der Waals surface area contributed by atoms with Crippen molar-refractivity contribution in [3.05, 3.63) is 139 Å². The van der Waals surface area contributed by atoms with Gasteiger partial charge in [0.25, 0.3) is 0 Å². The number of nitrogens with zero attached hydrogens (tertiary/aromatic N) is 3. The smallest absolute Gasteiger partial charge is 0.232 e. The van der Waals surface area contributed by atoms with E-state index in [9.17, 15) is 0 Å². The molecule has 0 unspecified atom stereocenters. The molecule has 0 radical (unpaired) electrons. The summed E-state index contributed by atoms with van der Waals surface area (Å²) < 4.78 is 8.27. The number of rotatable bonds is 3. The second kappa shape index (κ2) is 8.76. The zero-order valence-corrected chi connectivity index (χ0v) is 23.9. The zero-order valence-electron chi connectivity index (χ0n) is 23.9. The molecular weight excluding hydrogens is 526 g/mol. The number of furan rings is 1. The van der Waals surface area contributed by atoms with Gasteiger partial charge in [-0.2, -0.15) is 0 Å². The second-order valence-electron chi connectivity index (χ2n) is 12.0. The van der Waals surface area contributed by atoms with Crippen LogP contribution in [0.1, 0.15) is 25.0 Å². The minimum Gasteiger partial charge on any atom is -0.437 e. The first-order valence-electron chi connectivity index (χ1n) is 14.6. The highest BCUT2D eigenvalue weighted by Gasteiger charge is 2.35. The number of para-hydroxylation sites is 1. The topological polar surface area (TPSA) is 43.3 Å². The maximum absolute atomic E-state index is 6.21. The molecule has 0 bridgehead atoms. The first kappa shape index (κ1) is 24.2. The molecule has 4 heteroatoms. The van der Waals surface area contributed by atoms with E-state index in [1.54, 1.807) is 0 Å².